The predicted molar refractivity (Wildman–Crippen MR) is 64.9 cm³/mol. The minimum Gasteiger partial charge on any atom is -0.383 e. The fraction of sp³-hybridized carbons (Fsp3) is 0.400. The van der Waals surface area contributed by atoms with E-state index >= 15 is 0 Å². The number of rotatable bonds is 6. The topological polar surface area (TPSA) is 94.9 Å². The zero-order valence-electron chi connectivity index (χ0n) is 9.47. The minimum atomic E-state index is -3.12. The van der Waals surface area contributed by atoms with Crippen LogP contribution in [-0.4, -0.2) is 32.7 Å². The first-order valence-electron chi connectivity index (χ1n) is 5.06. The van der Waals surface area contributed by atoms with Crippen molar-refractivity contribution in [2.75, 3.05) is 24.7 Å². The monoisotopic (exact) mass is 254 g/mol. The fourth-order valence-electron chi connectivity index (χ4n) is 1.21. The first kappa shape index (κ1) is 13.4. The maximum atomic E-state index is 10.8. The van der Waals surface area contributed by atoms with Gasteiger partial charge in [0.05, 0.1) is 11.9 Å². The Balaban J connectivity index is 2.34. The number of sulfonamides is 1. The van der Waals surface area contributed by atoms with Gasteiger partial charge in [-0.15, -0.1) is 0 Å². The molecule has 0 amide bonds. The van der Waals surface area contributed by atoms with Crippen LogP contribution in [0.25, 0.3) is 0 Å². The highest BCUT2D eigenvalue weighted by Gasteiger charge is 2.01. The average Bonchev–Trinajstić information content (AvgIpc) is 2.27. The van der Waals surface area contributed by atoms with Crippen molar-refractivity contribution in [3.8, 4) is 6.07 Å². The van der Waals surface area contributed by atoms with Crippen molar-refractivity contribution in [2.24, 2.45) is 0 Å². The van der Waals surface area contributed by atoms with Gasteiger partial charge in [0.1, 0.15) is 6.07 Å². The molecule has 0 saturated heterocycles. The summed E-state index contributed by atoms with van der Waals surface area (Å²) in [7, 11) is -3.12. The molecule has 17 heavy (non-hydrogen) atoms. The van der Waals surface area contributed by atoms with Gasteiger partial charge < -0.3 is 5.32 Å². The molecule has 0 radical (unpaired) electrons. The van der Waals surface area contributed by atoms with Crippen LogP contribution >= 0.6 is 0 Å². The number of hydrogen-bond acceptors (Lipinski definition) is 5. The Morgan fingerprint density at radius 1 is 1.47 bits per heavy atom. The minimum absolute atomic E-state index is 0.337. The van der Waals surface area contributed by atoms with Gasteiger partial charge in [-0.1, -0.05) is 0 Å². The van der Waals surface area contributed by atoms with Crippen molar-refractivity contribution in [1.82, 2.24) is 9.71 Å². The molecule has 1 rings (SSSR count). The Hall–Kier alpha value is -1.65. The molecule has 1 aromatic rings. The summed E-state index contributed by atoms with van der Waals surface area (Å²) >= 11 is 0. The molecule has 0 aliphatic heterocycles. The molecular weight excluding hydrogens is 240 g/mol. The van der Waals surface area contributed by atoms with Gasteiger partial charge in [0, 0.05) is 19.3 Å². The number of nitrogens with zero attached hydrogens (tertiary/aromatic N) is 2. The molecule has 0 spiro atoms. The quantitative estimate of drug-likeness (QED) is 0.712. The Morgan fingerprint density at radius 3 is 2.88 bits per heavy atom. The van der Waals surface area contributed by atoms with Crippen LogP contribution < -0.4 is 10.0 Å². The lowest BCUT2D eigenvalue weighted by Crippen LogP contribution is -2.24. The molecule has 1 aromatic heterocycles. The van der Waals surface area contributed by atoms with Crippen LogP contribution in [0.1, 0.15) is 12.1 Å². The third kappa shape index (κ3) is 5.29. The van der Waals surface area contributed by atoms with Gasteiger partial charge >= 0.3 is 0 Å². The summed E-state index contributed by atoms with van der Waals surface area (Å²) in [6.07, 6.45) is 3.30. The highest BCUT2D eigenvalue weighted by atomic mass is 32.2. The third-order valence-electron chi connectivity index (χ3n) is 1.95. The molecule has 0 saturated carbocycles. The maximum absolute atomic E-state index is 10.8. The zero-order chi connectivity index (χ0) is 12.7. The molecule has 0 atom stereocenters. The molecule has 0 aliphatic rings. The molecule has 92 valence electrons. The van der Waals surface area contributed by atoms with E-state index in [4.69, 9.17) is 5.26 Å². The second-order valence-corrected chi connectivity index (χ2v) is 5.29. The number of nitriles is 1. The molecule has 0 aliphatic carbocycles. The van der Waals surface area contributed by atoms with Gasteiger partial charge in [-0.3, -0.25) is 0 Å². The van der Waals surface area contributed by atoms with Crippen LogP contribution in [0.4, 0.5) is 5.69 Å². The molecule has 0 aromatic carbocycles. The average molecular weight is 254 g/mol. The summed E-state index contributed by atoms with van der Waals surface area (Å²) in [5.41, 5.74) is 0.998. The van der Waals surface area contributed by atoms with Gasteiger partial charge in [0.15, 0.2) is 5.69 Å². The summed E-state index contributed by atoms with van der Waals surface area (Å²) in [5.74, 6) is 0. The number of hydrogen-bond donors (Lipinski definition) is 2. The van der Waals surface area contributed by atoms with E-state index in [1.807, 2.05) is 6.07 Å². The van der Waals surface area contributed by atoms with E-state index in [-0.39, 0.29) is 0 Å². The molecule has 0 bridgehead atoms. The lowest BCUT2D eigenvalue weighted by molar-refractivity contribution is 0.586. The van der Waals surface area contributed by atoms with Crippen LogP contribution in [0.3, 0.4) is 0 Å². The van der Waals surface area contributed by atoms with E-state index in [1.54, 1.807) is 18.3 Å². The van der Waals surface area contributed by atoms with Crippen molar-refractivity contribution in [3.05, 3.63) is 24.0 Å². The lowest BCUT2D eigenvalue weighted by atomic mass is 10.3. The van der Waals surface area contributed by atoms with Crippen molar-refractivity contribution in [3.63, 3.8) is 0 Å². The summed E-state index contributed by atoms with van der Waals surface area (Å²) in [4.78, 5) is 3.90. The van der Waals surface area contributed by atoms with Gasteiger partial charge in [-0.25, -0.2) is 18.1 Å². The first-order valence-corrected chi connectivity index (χ1v) is 6.95. The largest absolute Gasteiger partial charge is 0.383 e. The van der Waals surface area contributed by atoms with Gasteiger partial charge in [0.25, 0.3) is 0 Å². The van der Waals surface area contributed by atoms with Gasteiger partial charge in [0.2, 0.25) is 10.0 Å². The zero-order valence-corrected chi connectivity index (χ0v) is 10.3. The van der Waals surface area contributed by atoms with Crippen molar-refractivity contribution in [1.29, 1.82) is 5.26 Å². The summed E-state index contributed by atoms with van der Waals surface area (Å²) < 4.78 is 23.9. The molecule has 0 fully saturated rings. The number of nitrogens with one attached hydrogen (secondary N) is 2. The van der Waals surface area contributed by atoms with E-state index in [0.717, 1.165) is 6.26 Å². The van der Waals surface area contributed by atoms with Crippen molar-refractivity contribution < 1.29 is 8.42 Å². The highest BCUT2D eigenvalue weighted by molar-refractivity contribution is 7.88. The van der Waals surface area contributed by atoms with Crippen molar-refractivity contribution >= 4 is 15.7 Å². The molecule has 2 N–H and O–H groups in total. The second-order valence-electron chi connectivity index (χ2n) is 3.46. The van der Waals surface area contributed by atoms with Gasteiger partial charge in [-0.2, -0.15) is 5.26 Å². The first-order chi connectivity index (χ1) is 8.03. The Kier molecular flexibility index (Phi) is 4.87. The normalized spacial score (nSPS) is 10.8. The summed E-state index contributed by atoms with van der Waals surface area (Å²) in [5, 5.41) is 11.8. The predicted octanol–water partition coefficient (Wildman–Crippen LogP) is 0.304. The number of pyridine rings is 1. The Labute approximate surface area is 101 Å². The van der Waals surface area contributed by atoms with E-state index in [0.29, 0.717) is 30.9 Å². The number of anilines is 1. The molecule has 6 nitrogen and oxygen atoms in total. The van der Waals surface area contributed by atoms with E-state index < -0.39 is 10.0 Å². The van der Waals surface area contributed by atoms with E-state index in [9.17, 15) is 8.42 Å². The second kappa shape index (κ2) is 6.18. The maximum Gasteiger partial charge on any atom is 0.208 e. The van der Waals surface area contributed by atoms with Crippen molar-refractivity contribution in [2.45, 2.75) is 6.42 Å². The Bertz CT molecular complexity index is 507. The Morgan fingerprint density at radius 2 is 2.24 bits per heavy atom. The smallest absolute Gasteiger partial charge is 0.208 e. The molecule has 7 heteroatoms. The number of aromatic nitrogens is 1. The SMILES string of the molecule is CS(=O)(=O)NCCCNc1cccnc1C#N. The third-order valence-corrected chi connectivity index (χ3v) is 2.68. The molecule has 1 heterocycles. The van der Waals surface area contributed by atoms with Crippen LogP contribution in [0.2, 0.25) is 0 Å². The van der Waals surface area contributed by atoms with Crippen LogP contribution in [-0.2, 0) is 10.0 Å². The molecule has 0 unspecified atom stereocenters. The highest BCUT2D eigenvalue weighted by Crippen LogP contribution is 2.09. The van der Waals surface area contributed by atoms with E-state index in [1.165, 1.54) is 0 Å². The van der Waals surface area contributed by atoms with E-state index in [2.05, 4.69) is 15.0 Å². The fourth-order valence-corrected chi connectivity index (χ4v) is 1.72. The molecular formula is C10H14N4O2S. The van der Waals surface area contributed by atoms with Crippen LogP contribution in [0.15, 0.2) is 18.3 Å². The standard InChI is InChI=1S/C10H14N4O2S/c1-17(15,16)14-7-3-6-12-9-4-2-5-13-10(9)8-11/h2,4-5,12,14H,3,6-7H2,1H3. The lowest BCUT2D eigenvalue weighted by Gasteiger charge is -2.07. The summed E-state index contributed by atoms with van der Waals surface area (Å²) in [6.45, 7) is 0.941. The van der Waals surface area contributed by atoms with Crippen LogP contribution in [0.5, 0.6) is 0 Å². The van der Waals surface area contributed by atoms with Crippen LogP contribution in [0, 0.1) is 11.3 Å². The summed E-state index contributed by atoms with van der Waals surface area (Å²) in [6, 6.07) is 5.47. The van der Waals surface area contributed by atoms with Gasteiger partial charge in [-0.05, 0) is 18.6 Å².